The lowest BCUT2D eigenvalue weighted by Gasteiger charge is -2.29. The van der Waals surface area contributed by atoms with Gasteiger partial charge >= 0.3 is 0 Å². The zero-order valence-corrected chi connectivity index (χ0v) is 11.8. The smallest absolute Gasteiger partial charge is 0.128 e. The van der Waals surface area contributed by atoms with Crippen LogP contribution in [0.2, 0.25) is 0 Å². The maximum atomic E-state index is 4.83. The van der Waals surface area contributed by atoms with Crippen LogP contribution in [-0.2, 0) is 6.42 Å². The fourth-order valence-electron chi connectivity index (χ4n) is 3.30. The summed E-state index contributed by atoms with van der Waals surface area (Å²) in [4.78, 5) is 11.7. The van der Waals surface area contributed by atoms with Crippen LogP contribution in [0.4, 0.5) is 0 Å². The number of hydrogen-bond donors (Lipinski definition) is 1. The van der Waals surface area contributed by atoms with Crippen molar-refractivity contribution in [1.29, 1.82) is 0 Å². The van der Waals surface area contributed by atoms with Crippen LogP contribution in [0.5, 0.6) is 0 Å². The Morgan fingerprint density at radius 1 is 1.42 bits per heavy atom. The molecule has 0 amide bonds. The molecular formula is C15H24N4. The highest BCUT2D eigenvalue weighted by Crippen LogP contribution is 2.24. The van der Waals surface area contributed by atoms with Crippen molar-refractivity contribution in [3.05, 3.63) is 23.8 Å². The van der Waals surface area contributed by atoms with E-state index in [0.29, 0.717) is 5.92 Å². The van der Waals surface area contributed by atoms with Gasteiger partial charge < -0.3 is 10.2 Å². The number of hydrogen-bond acceptors (Lipinski definition) is 4. The van der Waals surface area contributed by atoms with Crippen LogP contribution >= 0.6 is 0 Å². The molecule has 3 rings (SSSR count). The van der Waals surface area contributed by atoms with Gasteiger partial charge in [-0.05, 0) is 57.9 Å². The SMILES string of the molecule is CN1CCCC(c2ccnc(CC3CCNC3)n2)C1. The molecule has 1 N–H and O–H groups in total. The Bertz CT molecular complexity index is 414. The number of likely N-dealkylation sites (N-methyl/N-ethyl adjacent to an activating group) is 1. The highest BCUT2D eigenvalue weighted by molar-refractivity contribution is 5.10. The summed E-state index contributed by atoms with van der Waals surface area (Å²) in [5, 5.41) is 3.41. The standard InChI is InChI=1S/C15H24N4/c1-19-8-2-3-13(11-19)14-5-7-17-15(18-14)9-12-4-6-16-10-12/h5,7,12-13,16H,2-4,6,8-11H2,1H3. The van der Waals surface area contributed by atoms with Gasteiger partial charge in [0.25, 0.3) is 0 Å². The minimum Gasteiger partial charge on any atom is -0.316 e. The molecule has 0 spiro atoms. The zero-order valence-electron chi connectivity index (χ0n) is 11.8. The number of piperidine rings is 1. The third-order valence-electron chi connectivity index (χ3n) is 4.40. The molecule has 19 heavy (non-hydrogen) atoms. The minimum atomic E-state index is 0.599. The summed E-state index contributed by atoms with van der Waals surface area (Å²) < 4.78 is 0. The van der Waals surface area contributed by atoms with Crippen molar-refractivity contribution >= 4 is 0 Å². The first kappa shape index (κ1) is 13.0. The Balaban J connectivity index is 1.68. The number of rotatable bonds is 3. The van der Waals surface area contributed by atoms with Gasteiger partial charge in [-0.3, -0.25) is 0 Å². The predicted molar refractivity (Wildman–Crippen MR) is 76.2 cm³/mol. The number of nitrogens with one attached hydrogen (secondary N) is 1. The quantitative estimate of drug-likeness (QED) is 0.893. The van der Waals surface area contributed by atoms with Crippen LogP contribution < -0.4 is 5.32 Å². The van der Waals surface area contributed by atoms with E-state index in [2.05, 4.69) is 28.3 Å². The van der Waals surface area contributed by atoms with E-state index >= 15 is 0 Å². The molecule has 2 fully saturated rings. The van der Waals surface area contributed by atoms with E-state index in [0.717, 1.165) is 37.8 Å². The van der Waals surface area contributed by atoms with Crippen LogP contribution in [0, 0.1) is 5.92 Å². The van der Waals surface area contributed by atoms with Crippen LogP contribution in [0.3, 0.4) is 0 Å². The van der Waals surface area contributed by atoms with E-state index in [4.69, 9.17) is 4.98 Å². The van der Waals surface area contributed by atoms with Crippen molar-refractivity contribution in [3.8, 4) is 0 Å². The fraction of sp³-hybridized carbons (Fsp3) is 0.733. The van der Waals surface area contributed by atoms with Crippen LogP contribution in [0.15, 0.2) is 12.3 Å². The maximum absolute atomic E-state index is 4.83. The van der Waals surface area contributed by atoms with Gasteiger partial charge in [-0.2, -0.15) is 0 Å². The lowest BCUT2D eigenvalue weighted by molar-refractivity contribution is 0.248. The Morgan fingerprint density at radius 2 is 2.37 bits per heavy atom. The van der Waals surface area contributed by atoms with E-state index in [1.165, 1.54) is 31.5 Å². The largest absolute Gasteiger partial charge is 0.316 e. The van der Waals surface area contributed by atoms with Gasteiger partial charge in [0.1, 0.15) is 5.82 Å². The maximum Gasteiger partial charge on any atom is 0.128 e. The summed E-state index contributed by atoms with van der Waals surface area (Å²) in [5.74, 6) is 2.37. The van der Waals surface area contributed by atoms with Crippen LogP contribution in [0.25, 0.3) is 0 Å². The molecule has 0 bridgehead atoms. The molecule has 2 aliphatic rings. The molecular weight excluding hydrogens is 236 g/mol. The average molecular weight is 260 g/mol. The number of nitrogens with zero attached hydrogens (tertiary/aromatic N) is 3. The van der Waals surface area contributed by atoms with E-state index in [1.807, 2.05) is 6.20 Å². The average Bonchev–Trinajstić information content (AvgIpc) is 2.92. The third-order valence-corrected chi connectivity index (χ3v) is 4.40. The Kier molecular flexibility index (Phi) is 4.09. The highest BCUT2D eigenvalue weighted by atomic mass is 15.1. The van der Waals surface area contributed by atoms with E-state index < -0.39 is 0 Å². The summed E-state index contributed by atoms with van der Waals surface area (Å²) >= 11 is 0. The zero-order chi connectivity index (χ0) is 13.1. The van der Waals surface area contributed by atoms with Crippen molar-refractivity contribution in [2.45, 2.75) is 31.6 Å². The lowest BCUT2D eigenvalue weighted by Crippen LogP contribution is -2.31. The topological polar surface area (TPSA) is 41.1 Å². The van der Waals surface area contributed by atoms with Crippen LogP contribution in [-0.4, -0.2) is 48.1 Å². The van der Waals surface area contributed by atoms with Crippen molar-refractivity contribution in [2.24, 2.45) is 5.92 Å². The second kappa shape index (κ2) is 5.97. The number of aromatic nitrogens is 2. The summed E-state index contributed by atoms with van der Waals surface area (Å²) in [6, 6.07) is 2.11. The molecule has 2 atom stereocenters. The molecule has 2 saturated heterocycles. The van der Waals surface area contributed by atoms with Gasteiger partial charge in [0.2, 0.25) is 0 Å². The molecule has 0 saturated carbocycles. The van der Waals surface area contributed by atoms with Crippen molar-refractivity contribution in [2.75, 3.05) is 33.2 Å². The summed E-state index contributed by atoms with van der Waals surface area (Å²) in [5.41, 5.74) is 1.25. The van der Waals surface area contributed by atoms with Gasteiger partial charge in [0, 0.05) is 30.8 Å². The first-order chi connectivity index (χ1) is 9.31. The van der Waals surface area contributed by atoms with Crippen molar-refractivity contribution in [3.63, 3.8) is 0 Å². The van der Waals surface area contributed by atoms with Crippen molar-refractivity contribution in [1.82, 2.24) is 20.2 Å². The fourth-order valence-corrected chi connectivity index (χ4v) is 3.30. The predicted octanol–water partition coefficient (Wildman–Crippen LogP) is 1.44. The first-order valence-corrected chi connectivity index (χ1v) is 7.52. The normalized spacial score (nSPS) is 28.7. The van der Waals surface area contributed by atoms with E-state index in [9.17, 15) is 0 Å². The molecule has 2 unspecified atom stereocenters. The molecule has 4 nitrogen and oxygen atoms in total. The summed E-state index contributed by atoms with van der Waals surface area (Å²) in [6.07, 6.45) is 6.80. The highest BCUT2D eigenvalue weighted by Gasteiger charge is 2.21. The Morgan fingerprint density at radius 3 is 3.16 bits per heavy atom. The Labute approximate surface area is 115 Å². The molecule has 4 heteroatoms. The second-order valence-electron chi connectivity index (χ2n) is 6.06. The van der Waals surface area contributed by atoms with Gasteiger partial charge in [-0.1, -0.05) is 0 Å². The van der Waals surface area contributed by atoms with Gasteiger partial charge in [-0.15, -0.1) is 0 Å². The van der Waals surface area contributed by atoms with Crippen molar-refractivity contribution < 1.29 is 0 Å². The molecule has 3 heterocycles. The summed E-state index contributed by atoms with van der Waals surface area (Å²) in [7, 11) is 2.21. The summed E-state index contributed by atoms with van der Waals surface area (Å²) in [6.45, 7) is 4.64. The molecule has 0 aromatic carbocycles. The van der Waals surface area contributed by atoms with Gasteiger partial charge in [0.05, 0.1) is 0 Å². The third kappa shape index (κ3) is 3.31. The lowest BCUT2D eigenvalue weighted by atomic mass is 9.95. The monoisotopic (exact) mass is 260 g/mol. The molecule has 1 aromatic heterocycles. The Hall–Kier alpha value is -1.00. The molecule has 104 valence electrons. The first-order valence-electron chi connectivity index (χ1n) is 7.52. The molecule has 0 aliphatic carbocycles. The van der Waals surface area contributed by atoms with E-state index in [1.54, 1.807) is 0 Å². The molecule has 1 aromatic rings. The van der Waals surface area contributed by atoms with E-state index in [-0.39, 0.29) is 0 Å². The van der Waals surface area contributed by atoms with Crippen LogP contribution in [0.1, 0.15) is 36.7 Å². The van der Waals surface area contributed by atoms with Gasteiger partial charge in [-0.25, -0.2) is 9.97 Å². The molecule has 0 radical (unpaired) electrons. The van der Waals surface area contributed by atoms with Gasteiger partial charge in [0.15, 0.2) is 0 Å². The molecule has 2 aliphatic heterocycles. The number of likely N-dealkylation sites (tertiary alicyclic amines) is 1. The second-order valence-corrected chi connectivity index (χ2v) is 6.06. The minimum absolute atomic E-state index is 0.599.